The number of pyridine rings is 2. The number of urea groups is 1. The summed E-state index contributed by atoms with van der Waals surface area (Å²) in [5.41, 5.74) is 1.40. The van der Waals surface area contributed by atoms with Crippen LogP contribution in [0.2, 0.25) is 0 Å². The van der Waals surface area contributed by atoms with E-state index in [0.717, 1.165) is 11.0 Å². The zero-order chi connectivity index (χ0) is 24.6. The molecule has 2 amide bonds. The molecule has 1 aliphatic rings. The predicted octanol–water partition coefficient (Wildman–Crippen LogP) is 4.10. The predicted molar refractivity (Wildman–Crippen MR) is 118 cm³/mol. The van der Waals surface area contributed by atoms with Crippen LogP contribution in [0.3, 0.4) is 0 Å². The van der Waals surface area contributed by atoms with Crippen LogP contribution < -0.4 is 19.3 Å². The van der Waals surface area contributed by atoms with E-state index in [4.69, 9.17) is 14.6 Å². The molecule has 2 aromatic heterocycles. The molecule has 3 aromatic rings. The van der Waals surface area contributed by atoms with E-state index in [1.807, 2.05) is 0 Å². The quantitative estimate of drug-likeness (QED) is 0.578. The fraction of sp³-hybridized carbons (Fsp3) is 0.217. The molecule has 9 nitrogen and oxygen atoms in total. The average molecular weight is 470 g/mol. The zero-order valence-electron chi connectivity index (χ0n) is 18.5. The average Bonchev–Trinajstić information content (AvgIpc) is 2.84. The lowest BCUT2D eigenvalue weighted by Gasteiger charge is -2.37. The van der Waals surface area contributed by atoms with Gasteiger partial charge >= 0.3 is 12.0 Å². The lowest BCUT2D eigenvalue weighted by Crippen LogP contribution is -2.48. The van der Waals surface area contributed by atoms with Gasteiger partial charge in [0.2, 0.25) is 0 Å². The number of fused-ring (bicyclic) bond motifs is 1. The Labute approximate surface area is 193 Å². The number of ether oxygens (including phenoxy) is 2. The summed E-state index contributed by atoms with van der Waals surface area (Å²) in [4.78, 5) is 35.0. The number of carbonyl (C=O) groups excluding carboxylic acids is 1. The van der Waals surface area contributed by atoms with Gasteiger partial charge in [-0.1, -0.05) is 0 Å². The normalized spacial score (nSPS) is 13.0. The highest BCUT2D eigenvalue weighted by Crippen LogP contribution is 2.41. The summed E-state index contributed by atoms with van der Waals surface area (Å²) in [6.07, 6.45) is 2.88. The second kappa shape index (κ2) is 8.93. The Kier molecular flexibility index (Phi) is 6.01. The summed E-state index contributed by atoms with van der Waals surface area (Å²) in [5.74, 6) is -3.73. The number of nitrogens with zero attached hydrogens (tertiary/aromatic N) is 4. The van der Waals surface area contributed by atoms with Crippen LogP contribution in [0, 0.1) is 11.6 Å². The standard InChI is InChI=1S/C23H20F2N4O5/c1-4-28-16-7-15(12-5-6-14(22(30)31)26-9-12)27-10-13(16)11-29(23(28)32)21-19(24)17(33-2)8-18(34-3)20(21)25/h5-10H,4,11H2,1-3H3,(H,30,31). The fourth-order valence-corrected chi connectivity index (χ4v) is 3.75. The van der Waals surface area contributed by atoms with Crippen molar-refractivity contribution in [1.82, 2.24) is 9.97 Å². The van der Waals surface area contributed by atoms with Gasteiger partial charge in [-0.3, -0.25) is 14.8 Å². The van der Waals surface area contributed by atoms with Crippen molar-refractivity contribution in [2.24, 2.45) is 0 Å². The third kappa shape index (κ3) is 3.74. The smallest absolute Gasteiger partial charge is 0.354 e. The number of rotatable bonds is 6. The van der Waals surface area contributed by atoms with Crippen molar-refractivity contribution < 1.29 is 33.0 Å². The number of anilines is 2. The number of benzene rings is 1. The summed E-state index contributed by atoms with van der Waals surface area (Å²) >= 11 is 0. The van der Waals surface area contributed by atoms with Crippen LogP contribution in [0.15, 0.2) is 36.7 Å². The summed E-state index contributed by atoms with van der Waals surface area (Å²) in [7, 11) is 2.46. The highest BCUT2D eigenvalue weighted by atomic mass is 19.1. The van der Waals surface area contributed by atoms with Crippen LogP contribution in [-0.2, 0) is 6.54 Å². The molecule has 0 radical (unpaired) electrons. The van der Waals surface area contributed by atoms with Crippen molar-refractivity contribution in [2.75, 3.05) is 30.6 Å². The van der Waals surface area contributed by atoms with Gasteiger partial charge in [0.25, 0.3) is 0 Å². The molecule has 0 bridgehead atoms. The maximum Gasteiger partial charge on any atom is 0.354 e. The van der Waals surface area contributed by atoms with Gasteiger partial charge in [-0.05, 0) is 25.1 Å². The second-order valence-electron chi connectivity index (χ2n) is 7.31. The molecule has 1 aromatic carbocycles. The van der Waals surface area contributed by atoms with Gasteiger partial charge in [0.1, 0.15) is 11.4 Å². The van der Waals surface area contributed by atoms with Gasteiger partial charge in [0.05, 0.1) is 32.1 Å². The van der Waals surface area contributed by atoms with Crippen LogP contribution in [0.25, 0.3) is 11.3 Å². The first-order valence-electron chi connectivity index (χ1n) is 10.2. The van der Waals surface area contributed by atoms with E-state index in [-0.39, 0.29) is 30.3 Å². The minimum Gasteiger partial charge on any atom is -0.493 e. The number of methoxy groups -OCH3 is 2. The number of halogens is 2. The van der Waals surface area contributed by atoms with Crippen LogP contribution in [0.5, 0.6) is 11.5 Å². The van der Waals surface area contributed by atoms with Crippen molar-refractivity contribution in [2.45, 2.75) is 13.5 Å². The molecule has 0 saturated heterocycles. The van der Waals surface area contributed by atoms with Crippen LogP contribution in [0.4, 0.5) is 25.0 Å². The Bertz CT molecular complexity index is 1260. The molecule has 1 aliphatic heterocycles. The third-order valence-electron chi connectivity index (χ3n) is 5.46. The van der Waals surface area contributed by atoms with Gasteiger partial charge in [-0.2, -0.15) is 0 Å². The van der Waals surface area contributed by atoms with Crippen molar-refractivity contribution in [3.8, 4) is 22.8 Å². The first-order chi connectivity index (χ1) is 16.3. The van der Waals surface area contributed by atoms with E-state index >= 15 is 8.78 Å². The van der Waals surface area contributed by atoms with E-state index in [1.165, 1.54) is 37.6 Å². The van der Waals surface area contributed by atoms with E-state index in [9.17, 15) is 9.59 Å². The van der Waals surface area contributed by atoms with Gasteiger partial charge in [-0.15, -0.1) is 0 Å². The maximum absolute atomic E-state index is 15.1. The van der Waals surface area contributed by atoms with E-state index in [2.05, 4.69) is 9.97 Å². The highest BCUT2D eigenvalue weighted by molar-refractivity contribution is 6.06. The SMILES string of the molecule is CCN1C(=O)N(c2c(F)c(OC)cc(OC)c2F)Cc2cnc(-c3ccc(C(=O)O)nc3)cc21. The van der Waals surface area contributed by atoms with Crippen LogP contribution in [-0.4, -0.2) is 47.8 Å². The monoisotopic (exact) mass is 470 g/mol. The zero-order valence-corrected chi connectivity index (χ0v) is 18.5. The van der Waals surface area contributed by atoms with Gasteiger partial charge in [0, 0.05) is 36.1 Å². The minimum atomic E-state index is -1.15. The molecule has 176 valence electrons. The summed E-state index contributed by atoms with van der Waals surface area (Å²) in [6.45, 7) is 1.80. The van der Waals surface area contributed by atoms with Crippen LogP contribution in [0.1, 0.15) is 23.0 Å². The molecule has 3 heterocycles. The minimum absolute atomic E-state index is 0.111. The molecule has 1 N–H and O–H groups in total. The molecule has 0 atom stereocenters. The van der Waals surface area contributed by atoms with Gasteiger partial charge in [0.15, 0.2) is 23.1 Å². The molecule has 34 heavy (non-hydrogen) atoms. The van der Waals surface area contributed by atoms with E-state index < -0.39 is 29.3 Å². The van der Waals surface area contributed by atoms with Gasteiger partial charge < -0.3 is 14.6 Å². The van der Waals surface area contributed by atoms with Crippen molar-refractivity contribution in [3.05, 3.63) is 59.6 Å². The Hall–Kier alpha value is -4.28. The third-order valence-corrected chi connectivity index (χ3v) is 5.46. The number of carbonyl (C=O) groups is 2. The second-order valence-corrected chi connectivity index (χ2v) is 7.31. The molecule has 0 aliphatic carbocycles. The van der Waals surface area contributed by atoms with Crippen molar-refractivity contribution in [1.29, 1.82) is 0 Å². The number of hydrogen-bond donors (Lipinski definition) is 1. The molecule has 0 saturated carbocycles. The first kappa shape index (κ1) is 22.9. The molecular weight excluding hydrogens is 450 g/mol. The summed E-state index contributed by atoms with van der Waals surface area (Å²) < 4.78 is 40.2. The summed E-state index contributed by atoms with van der Waals surface area (Å²) in [5, 5.41) is 9.03. The van der Waals surface area contributed by atoms with Gasteiger partial charge in [-0.25, -0.2) is 23.4 Å². The molecule has 0 unspecified atom stereocenters. The Morgan fingerprint density at radius 1 is 1.09 bits per heavy atom. The van der Waals surface area contributed by atoms with Crippen molar-refractivity contribution in [3.63, 3.8) is 0 Å². The number of carboxylic acid groups (broad SMARTS) is 1. The van der Waals surface area contributed by atoms with E-state index in [0.29, 0.717) is 22.5 Å². The van der Waals surface area contributed by atoms with E-state index in [1.54, 1.807) is 19.1 Å². The lowest BCUT2D eigenvalue weighted by molar-refractivity contribution is 0.0690. The topological polar surface area (TPSA) is 105 Å². The fourth-order valence-electron chi connectivity index (χ4n) is 3.75. The highest BCUT2D eigenvalue weighted by Gasteiger charge is 2.36. The summed E-state index contributed by atoms with van der Waals surface area (Å²) in [6, 6.07) is 5.01. The molecule has 11 heteroatoms. The number of aromatic nitrogens is 2. The molecular formula is C23H20F2N4O5. The number of aromatic carboxylic acids is 1. The number of carboxylic acids is 1. The number of hydrogen-bond acceptors (Lipinski definition) is 6. The maximum atomic E-state index is 15.1. The first-order valence-corrected chi connectivity index (χ1v) is 10.2. The lowest BCUT2D eigenvalue weighted by atomic mass is 10.1. The molecule has 0 spiro atoms. The number of amides is 2. The van der Waals surface area contributed by atoms with Crippen molar-refractivity contribution >= 4 is 23.4 Å². The molecule has 0 fully saturated rings. The molecule has 4 rings (SSSR count). The Morgan fingerprint density at radius 2 is 1.76 bits per heavy atom. The van der Waals surface area contributed by atoms with Crippen LogP contribution >= 0.6 is 0 Å². The largest absolute Gasteiger partial charge is 0.493 e. The Morgan fingerprint density at radius 3 is 2.29 bits per heavy atom. The Balaban J connectivity index is 1.78.